The van der Waals surface area contributed by atoms with Crippen molar-refractivity contribution in [3.63, 3.8) is 0 Å². The Balaban J connectivity index is 3.15. The second-order valence-corrected chi connectivity index (χ2v) is 4.30. The summed E-state index contributed by atoms with van der Waals surface area (Å²) >= 11 is 5.92. The van der Waals surface area contributed by atoms with Crippen molar-refractivity contribution in [2.75, 3.05) is 6.61 Å². The normalized spacial score (nSPS) is 12.1. The highest BCUT2D eigenvalue weighted by Crippen LogP contribution is 2.28. The van der Waals surface area contributed by atoms with Crippen molar-refractivity contribution in [1.29, 1.82) is 0 Å². The molecule has 0 aliphatic heterocycles. The molecule has 0 bridgehead atoms. The van der Waals surface area contributed by atoms with Gasteiger partial charge in [-0.05, 0) is 26.0 Å². The highest BCUT2D eigenvalue weighted by molar-refractivity contribution is 6.36. The van der Waals surface area contributed by atoms with E-state index in [0.717, 1.165) is 6.21 Å². The third-order valence-corrected chi connectivity index (χ3v) is 2.82. The van der Waals surface area contributed by atoms with E-state index in [2.05, 4.69) is 4.99 Å². The van der Waals surface area contributed by atoms with Gasteiger partial charge in [0.05, 0.1) is 22.9 Å². The number of carbonyl (C=O) groups is 2. The predicted octanol–water partition coefficient (Wildman–Crippen LogP) is 3.14. The van der Waals surface area contributed by atoms with Crippen LogP contribution in [0.4, 0.5) is 5.69 Å². The smallest absolute Gasteiger partial charge is 0.343 e. The van der Waals surface area contributed by atoms with Crippen LogP contribution in [0.25, 0.3) is 0 Å². The molecule has 112 valence electrons. The summed E-state index contributed by atoms with van der Waals surface area (Å²) < 4.78 is 4.77. The minimum atomic E-state index is -1.18. The molecule has 0 aliphatic rings. The molecular formula is C14H14ClNO5. The number of esters is 1. The summed E-state index contributed by atoms with van der Waals surface area (Å²) in [7, 11) is 0. The molecule has 0 saturated carbocycles. The van der Waals surface area contributed by atoms with Crippen LogP contribution in [-0.4, -0.2) is 35.0 Å². The summed E-state index contributed by atoms with van der Waals surface area (Å²) in [6.45, 7) is 3.10. The molecule has 0 spiro atoms. The van der Waals surface area contributed by atoms with Gasteiger partial charge in [0, 0.05) is 6.21 Å². The van der Waals surface area contributed by atoms with Gasteiger partial charge in [-0.1, -0.05) is 17.7 Å². The Kier molecular flexibility index (Phi) is 5.92. The maximum Gasteiger partial charge on any atom is 0.343 e. The van der Waals surface area contributed by atoms with Crippen LogP contribution in [-0.2, 0) is 9.53 Å². The average molecular weight is 312 g/mol. The molecule has 0 atom stereocenters. The summed E-state index contributed by atoms with van der Waals surface area (Å²) in [5.41, 5.74) is -0.0676. The Morgan fingerprint density at radius 3 is 2.57 bits per heavy atom. The topological polar surface area (TPSA) is 96.2 Å². The van der Waals surface area contributed by atoms with Gasteiger partial charge in [0.2, 0.25) is 0 Å². The summed E-state index contributed by atoms with van der Waals surface area (Å²) in [6.07, 6.45) is 1.08. The first-order valence-electron chi connectivity index (χ1n) is 6.01. The molecule has 2 N–H and O–H groups in total. The van der Waals surface area contributed by atoms with Crippen LogP contribution in [0.1, 0.15) is 24.2 Å². The third kappa shape index (κ3) is 4.32. The lowest BCUT2D eigenvalue weighted by Crippen LogP contribution is -2.10. The van der Waals surface area contributed by atoms with E-state index in [0.29, 0.717) is 0 Å². The first-order chi connectivity index (χ1) is 9.88. The highest BCUT2D eigenvalue weighted by atomic mass is 35.5. The van der Waals surface area contributed by atoms with Crippen molar-refractivity contribution < 1.29 is 24.5 Å². The van der Waals surface area contributed by atoms with Crippen molar-refractivity contribution in [2.24, 2.45) is 4.99 Å². The largest absolute Gasteiger partial charge is 0.512 e. The lowest BCUT2D eigenvalue weighted by Gasteiger charge is -2.04. The molecule has 0 saturated heterocycles. The number of hydrogen-bond donors (Lipinski definition) is 2. The van der Waals surface area contributed by atoms with E-state index in [4.69, 9.17) is 21.4 Å². The number of carboxylic acids is 1. The highest BCUT2D eigenvalue weighted by Gasteiger charge is 2.14. The van der Waals surface area contributed by atoms with Gasteiger partial charge in [-0.25, -0.2) is 9.59 Å². The number of carboxylic acid groups (broad SMARTS) is 1. The minimum absolute atomic E-state index is 0.0555. The number of aliphatic hydroxyl groups is 1. The zero-order valence-electron chi connectivity index (χ0n) is 11.5. The van der Waals surface area contributed by atoms with Gasteiger partial charge >= 0.3 is 11.9 Å². The minimum Gasteiger partial charge on any atom is -0.512 e. The molecule has 0 fully saturated rings. The van der Waals surface area contributed by atoms with Crippen LogP contribution in [0.5, 0.6) is 0 Å². The molecule has 0 unspecified atom stereocenters. The van der Waals surface area contributed by atoms with Crippen molar-refractivity contribution in [2.45, 2.75) is 13.8 Å². The van der Waals surface area contributed by atoms with Crippen LogP contribution >= 0.6 is 11.6 Å². The monoisotopic (exact) mass is 311 g/mol. The van der Waals surface area contributed by atoms with Crippen molar-refractivity contribution >= 4 is 35.4 Å². The van der Waals surface area contributed by atoms with E-state index in [1.165, 1.54) is 25.1 Å². The number of halogens is 1. The molecule has 6 nitrogen and oxygen atoms in total. The molecule has 21 heavy (non-hydrogen) atoms. The number of benzene rings is 1. The maximum atomic E-state index is 11.6. The second-order valence-electron chi connectivity index (χ2n) is 3.92. The maximum absolute atomic E-state index is 11.6. The summed E-state index contributed by atoms with van der Waals surface area (Å²) in [5.74, 6) is -2.17. The number of nitrogens with zero attached hydrogens (tertiary/aromatic N) is 1. The number of aliphatic hydroxyl groups excluding tert-OH is 1. The van der Waals surface area contributed by atoms with E-state index >= 15 is 0 Å². The van der Waals surface area contributed by atoms with Crippen molar-refractivity contribution in [1.82, 2.24) is 0 Å². The molecule has 7 heteroatoms. The SMILES string of the molecule is CCOC(=O)C(C=Nc1cccc(C(=O)O)c1Cl)=C(C)O. The molecule has 1 aromatic carbocycles. The van der Waals surface area contributed by atoms with Gasteiger partial charge in [0.25, 0.3) is 0 Å². The summed E-state index contributed by atoms with van der Waals surface area (Å²) in [4.78, 5) is 26.5. The summed E-state index contributed by atoms with van der Waals surface area (Å²) in [5, 5.41) is 18.4. The third-order valence-electron chi connectivity index (χ3n) is 2.43. The number of aromatic carboxylic acids is 1. The van der Waals surface area contributed by atoms with Crippen LogP contribution in [0, 0.1) is 0 Å². The lowest BCUT2D eigenvalue weighted by molar-refractivity contribution is -0.138. The molecular weight excluding hydrogens is 298 g/mol. The van der Waals surface area contributed by atoms with Crippen LogP contribution in [0.15, 0.2) is 34.5 Å². The van der Waals surface area contributed by atoms with Crippen LogP contribution < -0.4 is 0 Å². The van der Waals surface area contributed by atoms with E-state index in [1.807, 2.05) is 0 Å². The fourth-order valence-corrected chi connectivity index (χ4v) is 1.68. The van der Waals surface area contributed by atoms with E-state index in [-0.39, 0.29) is 34.2 Å². The predicted molar refractivity (Wildman–Crippen MR) is 78.5 cm³/mol. The first kappa shape index (κ1) is 16.7. The Morgan fingerprint density at radius 1 is 1.38 bits per heavy atom. The zero-order valence-corrected chi connectivity index (χ0v) is 12.2. The molecule has 1 aromatic rings. The van der Waals surface area contributed by atoms with Gasteiger partial charge in [0.15, 0.2) is 0 Å². The molecule has 0 heterocycles. The van der Waals surface area contributed by atoms with Crippen LogP contribution in [0.2, 0.25) is 5.02 Å². The molecule has 0 radical (unpaired) electrons. The van der Waals surface area contributed by atoms with Gasteiger partial charge < -0.3 is 14.9 Å². The van der Waals surface area contributed by atoms with Gasteiger partial charge in [0.1, 0.15) is 11.3 Å². The number of carbonyl (C=O) groups excluding carboxylic acids is 1. The first-order valence-corrected chi connectivity index (χ1v) is 6.39. The van der Waals surface area contributed by atoms with Gasteiger partial charge in [-0.2, -0.15) is 0 Å². The van der Waals surface area contributed by atoms with Gasteiger partial charge in [-0.15, -0.1) is 0 Å². The Bertz CT molecular complexity index is 618. The Hall–Kier alpha value is -2.34. The van der Waals surface area contributed by atoms with Gasteiger partial charge in [-0.3, -0.25) is 4.99 Å². The second kappa shape index (κ2) is 7.44. The number of aliphatic imine (C=N–C) groups is 1. The van der Waals surface area contributed by atoms with Crippen molar-refractivity contribution in [3.05, 3.63) is 40.1 Å². The molecule has 0 aliphatic carbocycles. The lowest BCUT2D eigenvalue weighted by atomic mass is 10.2. The van der Waals surface area contributed by atoms with E-state index < -0.39 is 11.9 Å². The Labute approximate surface area is 126 Å². The fourth-order valence-electron chi connectivity index (χ4n) is 1.42. The number of allylic oxidation sites excluding steroid dienone is 1. The van der Waals surface area contributed by atoms with Crippen LogP contribution in [0.3, 0.4) is 0 Å². The fraction of sp³-hybridized carbons (Fsp3) is 0.214. The standard InChI is InChI=1S/C14H14ClNO5/c1-3-21-14(20)10(8(2)17)7-16-11-6-4-5-9(12(11)15)13(18)19/h4-7,17H,3H2,1-2H3,(H,18,19). The Morgan fingerprint density at radius 2 is 2.05 bits per heavy atom. The van der Waals surface area contributed by atoms with Crippen molar-refractivity contribution in [3.8, 4) is 0 Å². The molecule has 1 rings (SSSR count). The average Bonchev–Trinajstić information content (AvgIpc) is 2.40. The van der Waals surface area contributed by atoms with E-state index in [1.54, 1.807) is 6.92 Å². The number of hydrogen-bond acceptors (Lipinski definition) is 5. The summed E-state index contributed by atoms with van der Waals surface area (Å²) in [6, 6.07) is 4.30. The zero-order chi connectivity index (χ0) is 16.0. The molecule has 0 aromatic heterocycles. The van der Waals surface area contributed by atoms with E-state index in [9.17, 15) is 14.7 Å². The number of ether oxygens (including phenoxy) is 1. The quantitative estimate of drug-likeness (QED) is 0.377. The number of rotatable bonds is 5. The molecule has 0 amide bonds.